The summed E-state index contributed by atoms with van der Waals surface area (Å²) in [6.07, 6.45) is 2.62. The molecule has 4 heteroatoms. The summed E-state index contributed by atoms with van der Waals surface area (Å²) in [4.78, 5) is 14.4. The summed E-state index contributed by atoms with van der Waals surface area (Å²) in [6, 6.07) is 7.85. The second-order valence-corrected chi connectivity index (χ2v) is 3.51. The molecule has 0 aliphatic carbocycles. The van der Waals surface area contributed by atoms with E-state index in [1.807, 2.05) is 28.2 Å². The molecule has 3 nitrogen and oxygen atoms in total. The van der Waals surface area contributed by atoms with Crippen molar-refractivity contribution < 1.29 is 4.79 Å². The molecule has 1 heterocycles. The van der Waals surface area contributed by atoms with Gasteiger partial charge in [0.15, 0.2) is 0 Å². The fraction of sp³-hybridized carbons (Fsp3) is 0.111. The zero-order chi connectivity index (χ0) is 9.10. The molecule has 1 aromatic heterocycles. The van der Waals surface area contributed by atoms with Crippen LogP contribution in [0.4, 0.5) is 0 Å². The van der Waals surface area contributed by atoms with Crippen LogP contribution in [0.1, 0.15) is 0 Å². The van der Waals surface area contributed by atoms with Gasteiger partial charge in [-0.15, -0.1) is 0 Å². The van der Waals surface area contributed by atoms with E-state index in [0.29, 0.717) is 5.75 Å². The number of aromatic nitrogens is 2. The highest BCUT2D eigenvalue weighted by molar-refractivity contribution is 7.98. The van der Waals surface area contributed by atoms with Crippen molar-refractivity contribution in [3.05, 3.63) is 30.6 Å². The van der Waals surface area contributed by atoms with E-state index in [4.69, 9.17) is 0 Å². The van der Waals surface area contributed by atoms with Crippen molar-refractivity contribution in [1.29, 1.82) is 0 Å². The molecule has 0 aliphatic rings. The maximum absolute atomic E-state index is 10.2. The van der Waals surface area contributed by atoms with Crippen LogP contribution in [0.25, 0.3) is 11.0 Å². The van der Waals surface area contributed by atoms with Gasteiger partial charge < -0.3 is 4.79 Å². The predicted octanol–water partition coefficient (Wildman–Crippen LogP) is 1.73. The zero-order valence-corrected chi connectivity index (χ0v) is 7.70. The van der Waals surface area contributed by atoms with Gasteiger partial charge in [-0.2, -0.15) is 0 Å². The Labute approximate surface area is 79.9 Å². The van der Waals surface area contributed by atoms with E-state index in [-0.39, 0.29) is 0 Å². The Morgan fingerprint density at radius 1 is 1.46 bits per heavy atom. The Hall–Kier alpha value is -1.29. The Morgan fingerprint density at radius 2 is 2.31 bits per heavy atom. The minimum absolute atomic E-state index is 0.459. The Bertz CT molecular complexity index is 424. The molecule has 1 aromatic carbocycles. The van der Waals surface area contributed by atoms with Crippen LogP contribution in [0.3, 0.4) is 0 Å². The van der Waals surface area contributed by atoms with E-state index in [9.17, 15) is 4.79 Å². The van der Waals surface area contributed by atoms with Crippen LogP contribution < -0.4 is 0 Å². The number of aldehydes is 1. The Morgan fingerprint density at radius 3 is 3.15 bits per heavy atom. The first-order chi connectivity index (χ1) is 6.42. The van der Waals surface area contributed by atoms with Gasteiger partial charge in [-0.25, -0.2) is 4.98 Å². The quantitative estimate of drug-likeness (QED) is 0.695. The molecule has 0 bridgehead atoms. The summed E-state index contributed by atoms with van der Waals surface area (Å²) in [7, 11) is 0. The summed E-state index contributed by atoms with van der Waals surface area (Å²) in [5.74, 6) is 0.459. The number of hydrogen-bond acceptors (Lipinski definition) is 3. The number of hydrogen-bond donors (Lipinski definition) is 0. The molecule has 0 saturated carbocycles. The largest absolute Gasteiger partial charge is 0.302 e. The summed E-state index contributed by atoms with van der Waals surface area (Å²) < 4.78 is 1.91. The van der Waals surface area contributed by atoms with Gasteiger partial charge in [0.25, 0.3) is 0 Å². The van der Waals surface area contributed by atoms with E-state index < -0.39 is 0 Å². The van der Waals surface area contributed by atoms with E-state index in [1.54, 1.807) is 6.33 Å². The van der Waals surface area contributed by atoms with Crippen LogP contribution in [0.2, 0.25) is 0 Å². The van der Waals surface area contributed by atoms with Crippen molar-refractivity contribution in [1.82, 2.24) is 8.96 Å². The summed E-state index contributed by atoms with van der Waals surface area (Å²) in [6.45, 7) is 0. The first-order valence-electron chi connectivity index (χ1n) is 3.91. The standard InChI is InChI=1S/C9H8N2OS/c12-5-6-13-11-7-10-8-3-1-2-4-9(8)11/h1-5,7H,6H2. The molecule has 0 unspecified atom stereocenters. The molecule has 0 radical (unpaired) electrons. The fourth-order valence-electron chi connectivity index (χ4n) is 1.15. The van der Waals surface area contributed by atoms with Crippen LogP contribution in [0.5, 0.6) is 0 Å². The SMILES string of the molecule is O=CCSn1cnc2ccccc21. The van der Waals surface area contributed by atoms with Crippen molar-refractivity contribution in [3.8, 4) is 0 Å². The second-order valence-electron chi connectivity index (χ2n) is 2.52. The molecule has 0 amide bonds. The molecule has 2 aromatic rings. The van der Waals surface area contributed by atoms with Gasteiger partial charge in [0.2, 0.25) is 0 Å². The van der Waals surface area contributed by atoms with Crippen molar-refractivity contribution >= 4 is 29.3 Å². The van der Waals surface area contributed by atoms with Crippen LogP contribution in [-0.2, 0) is 4.79 Å². The fourth-order valence-corrected chi connectivity index (χ4v) is 1.78. The van der Waals surface area contributed by atoms with Crippen LogP contribution >= 0.6 is 11.9 Å². The molecule has 0 N–H and O–H groups in total. The highest BCUT2D eigenvalue weighted by Gasteiger charge is 2.00. The number of nitrogens with zero attached hydrogens (tertiary/aromatic N) is 2. The first-order valence-corrected chi connectivity index (χ1v) is 4.85. The lowest BCUT2D eigenvalue weighted by atomic mass is 10.3. The van der Waals surface area contributed by atoms with Gasteiger partial charge in [-0.3, -0.25) is 3.97 Å². The van der Waals surface area contributed by atoms with Crippen LogP contribution in [0.15, 0.2) is 30.6 Å². The molecule has 0 aliphatic heterocycles. The monoisotopic (exact) mass is 192 g/mol. The number of benzene rings is 1. The van der Waals surface area contributed by atoms with Crippen molar-refractivity contribution in [3.63, 3.8) is 0 Å². The van der Waals surface area contributed by atoms with Gasteiger partial charge in [-0.1, -0.05) is 12.1 Å². The minimum atomic E-state index is 0.459. The van der Waals surface area contributed by atoms with E-state index in [2.05, 4.69) is 4.98 Å². The van der Waals surface area contributed by atoms with E-state index in [0.717, 1.165) is 17.3 Å². The summed E-state index contributed by atoms with van der Waals surface area (Å²) in [5.41, 5.74) is 2.01. The molecular weight excluding hydrogens is 184 g/mol. The number of para-hydroxylation sites is 2. The maximum Gasteiger partial charge on any atom is 0.131 e. The van der Waals surface area contributed by atoms with Gasteiger partial charge in [-0.05, 0) is 24.1 Å². The highest BCUT2D eigenvalue weighted by atomic mass is 32.2. The Balaban J connectivity index is 2.40. The third kappa shape index (κ3) is 1.58. The topological polar surface area (TPSA) is 34.9 Å². The number of fused-ring (bicyclic) bond motifs is 1. The average molecular weight is 192 g/mol. The third-order valence-corrected chi connectivity index (χ3v) is 2.56. The first kappa shape index (κ1) is 8.31. The number of rotatable bonds is 3. The molecular formula is C9H8N2OS. The molecule has 0 atom stereocenters. The molecule has 0 spiro atoms. The Kier molecular flexibility index (Phi) is 2.31. The smallest absolute Gasteiger partial charge is 0.131 e. The molecule has 13 heavy (non-hydrogen) atoms. The van der Waals surface area contributed by atoms with E-state index in [1.165, 1.54) is 11.9 Å². The average Bonchev–Trinajstić information content (AvgIpc) is 2.58. The van der Waals surface area contributed by atoms with Crippen LogP contribution in [-0.4, -0.2) is 21.0 Å². The minimum Gasteiger partial charge on any atom is -0.302 e. The lowest BCUT2D eigenvalue weighted by molar-refractivity contribution is -0.105. The van der Waals surface area contributed by atoms with Gasteiger partial charge >= 0.3 is 0 Å². The zero-order valence-electron chi connectivity index (χ0n) is 6.88. The van der Waals surface area contributed by atoms with Gasteiger partial charge in [0.1, 0.15) is 12.6 Å². The summed E-state index contributed by atoms with van der Waals surface area (Å²) in [5, 5.41) is 0. The van der Waals surface area contributed by atoms with Crippen LogP contribution in [0, 0.1) is 0 Å². The van der Waals surface area contributed by atoms with Crippen molar-refractivity contribution in [2.24, 2.45) is 0 Å². The maximum atomic E-state index is 10.2. The predicted molar refractivity (Wildman–Crippen MR) is 53.7 cm³/mol. The summed E-state index contributed by atoms with van der Waals surface area (Å²) >= 11 is 1.44. The lowest BCUT2D eigenvalue weighted by Gasteiger charge is -1.97. The molecule has 66 valence electrons. The van der Waals surface area contributed by atoms with Gasteiger partial charge in [0, 0.05) is 0 Å². The molecule has 0 saturated heterocycles. The van der Waals surface area contributed by atoms with Crippen molar-refractivity contribution in [2.45, 2.75) is 0 Å². The van der Waals surface area contributed by atoms with Crippen molar-refractivity contribution in [2.75, 3.05) is 5.75 Å². The molecule has 0 fully saturated rings. The number of carbonyl (C=O) groups is 1. The highest BCUT2D eigenvalue weighted by Crippen LogP contribution is 2.16. The number of carbonyl (C=O) groups excluding carboxylic acids is 1. The lowest BCUT2D eigenvalue weighted by Crippen LogP contribution is -1.87. The molecule has 2 rings (SSSR count). The van der Waals surface area contributed by atoms with Gasteiger partial charge in [0.05, 0.1) is 16.8 Å². The van der Waals surface area contributed by atoms with E-state index >= 15 is 0 Å². The third-order valence-electron chi connectivity index (χ3n) is 1.70. The normalized spacial score (nSPS) is 10.5. The number of imidazole rings is 1. The second kappa shape index (κ2) is 3.62.